The number of ether oxygens (including phenoxy) is 1. The molecule has 3 rings (SSSR count). The highest BCUT2D eigenvalue weighted by atomic mass is 16.5. The van der Waals surface area contributed by atoms with Gasteiger partial charge in [-0.25, -0.2) is 0 Å². The van der Waals surface area contributed by atoms with Crippen molar-refractivity contribution in [3.63, 3.8) is 0 Å². The summed E-state index contributed by atoms with van der Waals surface area (Å²) in [6.45, 7) is 8.19. The molecular weight excluding hydrogens is 354 g/mol. The van der Waals surface area contributed by atoms with E-state index in [1.165, 1.54) is 12.3 Å². The molecule has 6 heteroatoms. The molecule has 0 aliphatic rings. The number of H-pyrrole nitrogens is 1. The molecule has 0 saturated heterocycles. The molecule has 144 valence electrons. The maximum absolute atomic E-state index is 12.8. The van der Waals surface area contributed by atoms with Gasteiger partial charge in [-0.3, -0.25) is 14.6 Å². The Hall–Kier alpha value is -3.41. The number of carbonyl (C=O) groups excluding carboxylic acids is 1. The number of anilines is 1. The van der Waals surface area contributed by atoms with Crippen molar-refractivity contribution >= 4 is 11.6 Å². The molecule has 2 aromatic heterocycles. The zero-order valence-corrected chi connectivity index (χ0v) is 16.4. The van der Waals surface area contributed by atoms with Gasteiger partial charge in [-0.05, 0) is 48.2 Å². The third kappa shape index (κ3) is 4.65. The molecular formula is C22H23N3O3. The van der Waals surface area contributed by atoms with Gasteiger partial charge in [-0.15, -0.1) is 0 Å². The van der Waals surface area contributed by atoms with Crippen molar-refractivity contribution in [2.75, 3.05) is 5.32 Å². The predicted molar refractivity (Wildman–Crippen MR) is 109 cm³/mol. The lowest BCUT2D eigenvalue weighted by atomic mass is 9.86. The summed E-state index contributed by atoms with van der Waals surface area (Å²) < 4.78 is 6.00. The van der Waals surface area contributed by atoms with Crippen LogP contribution in [0.3, 0.4) is 0 Å². The number of hydrogen-bond acceptors (Lipinski definition) is 4. The second kappa shape index (κ2) is 7.68. The van der Waals surface area contributed by atoms with Crippen molar-refractivity contribution in [1.29, 1.82) is 0 Å². The lowest BCUT2D eigenvalue weighted by molar-refractivity contribution is 0.102. The summed E-state index contributed by atoms with van der Waals surface area (Å²) in [5.41, 5.74) is 2.48. The minimum Gasteiger partial charge on any atom is -0.455 e. The summed E-state index contributed by atoms with van der Waals surface area (Å²) in [6, 6.07) is 12.1. The first-order valence-electron chi connectivity index (χ1n) is 8.97. The van der Waals surface area contributed by atoms with Crippen LogP contribution in [0.15, 0.2) is 59.7 Å². The number of nitrogens with zero attached hydrogens (tertiary/aromatic N) is 1. The fourth-order valence-electron chi connectivity index (χ4n) is 2.59. The summed E-state index contributed by atoms with van der Waals surface area (Å²) in [5.74, 6) is 0.664. The van der Waals surface area contributed by atoms with E-state index in [0.29, 0.717) is 22.7 Å². The zero-order chi connectivity index (χ0) is 20.3. The van der Waals surface area contributed by atoms with E-state index in [0.717, 1.165) is 11.3 Å². The van der Waals surface area contributed by atoms with Crippen LogP contribution in [0.1, 0.15) is 42.4 Å². The number of nitrogens with one attached hydrogen (secondary N) is 2. The molecule has 0 fully saturated rings. The summed E-state index contributed by atoms with van der Waals surface area (Å²) in [5, 5.41) is 2.77. The van der Waals surface area contributed by atoms with Crippen LogP contribution < -0.4 is 15.6 Å². The number of aromatic nitrogens is 2. The van der Waals surface area contributed by atoms with Crippen LogP contribution in [0, 0.1) is 6.92 Å². The van der Waals surface area contributed by atoms with Crippen LogP contribution >= 0.6 is 0 Å². The van der Waals surface area contributed by atoms with Gasteiger partial charge in [0.15, 0.2) is 0 Å². The van der Waals surface area contributed by atoms with Gasteiger partial charge < -0.3 is 15.0 Å². The van der Waals surface area contributed by atoms with Gasteiger partial charge in [0.25, 0.3) is 5.91 Å². The summed E-state index contributed by atoms with van der Waals surface area (Å²) >= 11 is 0. The first kappa shape index (κ1) is 19.4. The second-order valence-corrected chi connectivity index (χ2v) is 7.59. The Bertz CT molecular complexity index is 1030. The topological polar surface area (TPSA) is 84.1 Å². The number of pyridine rings is 2. The zero-order valence-electron chi connectivity index (χ0n) is 16.4. The summed E-state index contributed by atoms with van der Waals surface area (Å²) in [7, 11) is 0. The Kier molecular flexibility index (Phi) is 5.31. The predicted octanol–water partition coefficient (Wildman–Crippen LogP) is 4.42. The van der Waals surface area contributed by atoms with E-state index in [1.807, 2.05) is 31.2 Å². The number of amides is 1. The lowest BCUT2D eigenvalue weighted by Gasteiger charge is -2.21. The van der Waals surface area contributed by atoms with Gasteiger partial charge in [-0.1, -0.05) is 26.8 Å². The van der Waals surface area contributed by atoms with Crippen molar-refractivity contribution in [2.24, 2.45) is 0 Å². The lowest BCUT2D eigenvalue weighted by Crippen LogP contribution is -2.16. The highest BCUT2D eigenvalue weighted by molar-refractivity contribution is 6.06. The van der Waals surface area contributed by atoms with Gasteiger partial charge in [0.1, 0.15) is 11.5 Å². The highest BCUT2D eigenvalue weighted by Crippen LogP contribution is 2.32. The van der Waals surface area contributed by atoms with Crippen LogP contribution in [-0.2, 0) is 5.41 Å². The van der Waals surface area contributed by atoms with Gasteiger partial charge in [0, 0.05) is 18.0 Å². The minimum absolute atomic E-state index is 0.0996. The maximum Gasteiger partial charge on any atom is 0.259 e. The van der Waals surface area contributed by atoms with E-state index in [9.17, 15) is 9.59 Å². The molecule has 1 amide bonds. The van der Waals surface area contributed by atoms with E-state index in [2.05, 4.69) is 36.1 Å². The quantitative estimate of drug-likeness (QED) is 0.705. The van der Waals surface area contributed by atoms with Gasteiger partial charge in [-0.2, -0.15) is 0 Å². The van der Waals surface area contributed by atoms with Crippen LogP contribution in [0.4, 0.5) is 5.69 Å². The molecule has 0 aliphatic heterocycles. The third-order valence-electron chi connectivity index (χ3n) is 4.25. The number of benzene rings is 1. The monoisotopic (exact) mass is 377 g/mol. The van der Waals surface area contributed by atoms with Gasteiger partial charge >= 0.3 is 0 Å². The molecule has 1 aromatic carbocycles. The standard InChI is InChI=1S/C22H23N3O3/c1-14-5-8-17(13-23-14)28-19-11-15(22(2,3)4)6-9-18(19)21(27)25-16-7-10-20(26)24-12-16/h5-13H,1-4H3,(H,24,26)(H,25,27). The van der Waals surface area contributed by atoms with Gasteiger partial charge in [0.2, 0.25) is 5.56 Å². The summed E-state index contributed by atoms with van der Waals surface area (Å²) in [6.07, 6.45) is 3.08. The van der Waals surface area contributed by atoms with Crippen molar-refractivity contribution in [1.82, 2.24) is 9.97 Å². The minimum atomic E-state index is -0.331. The largest absolute Gasteiger partial charge is 0.455 e. The van der Waals surface area contributed by atoms with E-state index in [-0.39, 0.29) is 16.9 Å². The van der Waals surface area contributed by atoms with E-state index in [4.69, 9.17) is 4.74 Å². The van der Waals surface area contributed by atoms with Crippen LogP contribution in [-0.4, -0.2) is 15.9 Å². The van der Waals surface area contributed by atoms with Crippen LogP contribution in [0.5, 0.6) is 11.5 Å². The Labute approximate surface area is 163 Å². The fraction of sp³-hybridized carbons (Fsp3) is 0.227. The molecule has 0 spiro atoms. The average molecular weight is 377 g/mol. The molecule has 2 N–H and O–H groups in total. The number of carbonyl (C=O) groups is 1. The molecule has 0 radical (unpaired) electrons. The molecule has 0 bridgehead atoms. The number of aryl methyl sites for hydroxylation is 1. The van der Waals surface area contributed by atoms with E-state index < -0.39 is 0 Å². The molecule has 0 aliphatic carbocycles. The molecule has 2 heterocycles. The third-order valence-corrected chi connectivity index (χ3v) is 4.25. The molecule has 6 nitrogen and oxygen atoms in total. The molecule has 3 aromatic rings. The molecule has 28 heavy (non-hydrogen) atoms. The molecule has 0 unspecified atom stereocenters. The second-order valence-electron chi connectivity index (χ2n) is 7.59. The smallest absolute Gasteiger partial charge is 0.259 e. The van der Waals surface area contributed by atoms with E-state index in [1.54, 1.807) is 18.3 Å². The number of aromatic amines is 1. The van der Waals surface area contributed by atoms with Crippen molar-refractivity contribution < 1.29 is 9.53 Å². The fourth-order valence-corrected chi connectivity index (χ4v) is 2.59. The SMILES string of the molecule is Cc1ccc(Oc2cc(C(C)(C)C)ccc2C(=O)Nc2ccc(=O)[nH]c2)cn1. The Morgan fingerprint density at radius 1 is 1.11 bits per heavy atom. The average Bonchev–Trinajstić information content (AvgIpc) is 2.64. The molecule has 0 atom stereocenters. The van der Waals surface area contributed by atoms with E-state index >= 15 is 0 Å². The summed E-state index contributed by atoms with van der Waals surface area (Å²) in [4.78, 5) is 30.8. The maximum atomic E-state index is 12.8. The number of hydrogen-bond donors (Lipinski definition) is 2. The van der Waals surface area contributed by atoms with Crippen molar-refractivity contribution in [3.8, 4) is 11.5 Å². The highest BCUT2D eigenvalue weighted by Gasteiger charge is 2.20. The normalized spacial score (nSPS) is 11.1. The van der Waals surface area contributed by atoms with Crippen LogP contribution in [0.25, 0.3) is 0 Å². The first-order valence-corrected chi connectivity index (χ1v) is 8.97. The van der Waals surface area contributed by atoms with Crippen molar-refractivity contribution in [2.45, 2.75) is 33.1 Å². The Morgan fingerprint density at radius 2 is 1.89 bits per heavy atom. The first-order chi connectivity index (χ1) is 13.2. The van der Waals surface area contributed by atoms with Gasteiger partial charge in [0.05, 0.1) is 17.4 Å². The molecule has 0 saturated carbocycles. The van der Waals surface area contributed by atoms with Crippen molar-refractivity contribution in [3.05, 3.63) is 82.0 Å². The number of rotatable bonds is 4. The van der Waals surface area contributed by atoms with Crippen LogP contribution in [0.2, 0.25) is 0 Å². The Morgan fingerprint density at radius 3 is 2.50 bits per heavy atom. The Balaban J connectivity index is 1.96.